The number of benzene rings is 1. The van der Waals surface area contributed by atoms with E-state index < -0.39 is 10.0 Å². The van der Waals surface area contributed by atoms with Crippen molar-refractivity contribution in [3.63, 3.8) is 0 Å². The van der Waals surface area contributed by atoms with Crippen LogP contribution in [0.1, 0.15) is 24.1 Å². The lowest BCUT2D eigenvalue weighted by atomic mass is 9.97. The van der Waals surface area contributed by atoms with Gasteiger partial charge < -0.3 is 0 Å². The second-order valence-corrected chi connectivity index (χ2v) is 8.44. The van der Waals surface area contributed by atoms with Crippen LogP contribution in [0.15, 0.2) is 34.0 Å². The molecule has 1 aliphatic rings. The summed E-state index contributed by atoms with van der Waals surface area (Å²) < 4.78 is 28.4. The Hall–Kier alpha value is -1.41. The van der Waals surface area contributed by atoms with Gasteiger partial charge in [-0.3, -0.25) is 4.79 Å². The molecule has 0 saturated carbocycles. The average molecular weight is 402 g/mol. The number of sulfonamides is 1. The molecule has 0 spiro atoms. The second-order valence-electron chi connectivity index (χ2n) is 5.86. The van der Waals surface area contributed by atoms with E-state index in [0.29, 0.717) is 0 Å². The Morgan fingerprint density at radius 2 is 1.92 bits per heavy atom. The molecule has 0 saturated heterocycles. The number of fused-ring (bicyclic) bond motifs is 1. The number of nitrogens with zero attached hydrogens (tertiary/aromatic N) is 2. The first kappa shape index (κ1) is 18.4. The van der Waals surface area contributed by atoms with Crippen molar-refractivity contribution in [2.75, 3.05) is 6.54 Å². The molecule has 3 rings (SSSR count). The van der Waals surface area contributed by atoms with E-state index in [0.717, 1.165) is 36.9 Å². The molecule has 6 nitrogen and oxygen atoms in total. The topological polar surface area (TPSA) is 81.1 Å². The van der Waals surface area contributed by atoms with Crippen molar-refractivity contribution in [1.29, 1.82) is 0 Å². The zero-order valence-electron chi connectivity index (χ0n) is 13.3. The SMILES string of the molecule is O=c1cc2c(nn1CCNS(=O)(=O)c1cc(Cl)ccc1Cl)CCCC2. The lowest BCUT2D eigenvalue weighted by molar-refractivity contribution is 0.526. The molecule has 1 aromatic heterocycles. The summed E-state index contributed by atoms with van der Waals surface area (Å²) in [5.74, 6) is 0. The van der Waals surface area contributed by atoms with E-state index in [4.69, 9.17) is 23.2 Å². The minimum atomic E-state index is -3.82. The van der Waals surface area contributed by atoms with Crippen molar-refractivity contribution >= 4 is 33.2 Å². The maximum Gasteiger partial charge on any atom is 0.267 e. The quantitative estimate of drug-likeness (QED) is 0.833. The molecular formula is C16H17Cl2N3O3S. The van der Waals surface area contributed by atoms with Crippen molar-refractivity contribution < 1.29 is 8.42 Å². The summed E-state index contributed by atoms with van der Waals surface area (Å²) in [6.45, 7) is 0.167. The Balaban J connectivity index is 1.72. The molecule has 1 aliphatic carbocycles. The number of hydrogen-bond acceptors (Lipinski definition) is 4. The fraction of sp³-hybridized carbons (Fsp3) is 0.375. The summed E-state index contributed by atoms with van der Waals surface area (Å²) in [6.07, 6.45) is 3.84. The van der Waals surface area contributed by atoms with Crippen LogP contribution >= 0.6 is 23.2 Å². The zero-order valence-corrected chi connectivity index (χ0v) is 15.7. The Labute approximate surface area is 155 Å². The molecule has 0 fully saturated rings. The van der Waals surface area contributed by atoms with E-state index in [-0.39, 0.29) is 33.6 Å². The third kappa shape index (κ3) is 4.23. The summed E-state index contributed by atoms with van der Waals surface area (Å²) in [7, 11) is -3.82. The van der Waals surface area contributed by atoms with Gasteiger partial charge in [-0.2, -0.15) is 5.10 Å². The summed E-state index contributed by atoms with van der Waals surface area (Å²) in [5.41, 5.74) is 1.70. The van der Waals surface area contributed by atoms with Crippen LogP contribution in [0.3, 0.4) is 0 Å². The molecule has 1 N–H and O–H groups in total. The van der Waals surface area contributed by atoms with Crippen molar-refractivity contribution in [3.05, 3.63) is 55.9 Å². The highest BCUT2D eigenvalue weighted by molar-refractivity contribution is 7.89. The predicted molar refractivity (Wildman–Crippen MR) is 96.8 cm³/mol. The van der Waals surface area contributed by atoms with Gasteiger partial charge >= 0.3 is 0 Å². The fourth-order valence-corrected chi connectivity index (χ4v) is 4.59. The molecule has 2 aromatic rings. The number of nitrogens with one attached hydrogen (secondary N) is 1. The first-order valence-electron chi connectivity index (χ1n) is 7.91. The number of hydrogen-bond donors (Lipinski definition) is 1. The van der Waals surface area contributed by atoms with E-state index >= 15 is 0 Å². The molecule has 1 aromatic carbocycles. The maximum atomic E-state index is 12.4. The largest absolute Gasteiger partial charge is 0.268 e. The Morgan fingerprint density at radius 3 is 2.72 bits per heavy atom. The number of halogens is 2. The van der Waals surface area contributed by atoms with Gasteiger partial charge in [0.05, 0.1) is 17.3 Å². The van der Waals surface area contributed by atoms with Gasteiger partial charge in [0, 0.05) is 17.6 Å². The van der Waals surface area contributed by atoms with Gasteiger partial charge in [0.2, 0.25) is 10.0 Å². The zero-order chi connectivity index (χ0) is 18.0. The van der Waals surface area contributed by atoms with Gasteiger partial charge in [-0.05, 0) is 49.4 Å². The first-order chi connectivity index (χ1) is 11.9. The monoisotopic (exact) mass is 401 g/mol. The highest BCUT2D eigenvalue weighted by Crippen LogP contribution is 2.24. The van der Waals surface area contributed by atoms with Gasteiger partial charge in [0.15, 0.2) is 0 Å². The molecule has 0 atom stereocenters. The van der Waals surface area contributed by atoms with E-state index in [1.165, 1.54) is 22.9 Å². The van der Waals surface area contributed by atoms with Crippen LogP contribution in [-0.4, -0.2) is 24.7 Å². The number of aryl methyl sites for hydroxylation is 2. The third-order valence-corrected chi connectivity index (χ3v) is 6.25. The predicted octanol–water partition coefficient (Wildman–Crippen LogP) is 2.41. The first-order valence-corrected chi connectivity index (χ1v) is 10.2. The second kappa shape index (κ2) is 7.45. The number of aromatic nitrogens is 2. The van der Waals surface area contributed by atoms with E-state index in [9.17, 15) is 13.2 Å². The van der Waals surface area contributed by atoms with Crippen LogP contribution in [0, 0.1) is 0 Å². The summed E-state index contributed by atoms with van der Waals surface area (Å²) in [4.78, 5) is 12.0. The summed E-state index contributed by atoms with van der Waals surface area (Å²) >= 11 is 11.8. The van der Waals surface area contributed by atoms with Gasteiger partial charge in [0.25, 0.3) is 5.56 Å². The van der Waals surface area contributed by atoms with Crippen molar-refractivity contribution in [2.45, 2.75) is 37.1 Å². The lowest BCUT2D eigenvalue weighted by Crippen LogP contribution is -2.33. The number of rotatable bonds is 5. The molecule has 1 heterocycles. The van der Waals surface area contributed by atoms with Crippen molar-refractivity contribution in [1.82, 2.24) is 14.5 Å². The fourth-order valence-electron chi connectivity index (χ4n) is 2.81. The van der Waals surface area contributed by atoms with Gasteiger partial charge in [-0.1, -0.05) is 23.2 Å². The molecule has 134 valence electrons. The van der Waals surface area contributed by atoms with Gasteiger partial charge in [-0.25, -0.2) is 17.8 Å². The van der Waals surface area contributed by atoms with Gasteiger partial charge in [0.1, 0.15) is 4.90 Å². The van der Waals surface area contributed by atoms with Gasteiger partial charge in [-0.15, -0.1) is 0 Å². The third-order valence-electron chi connectivity index (χ3n) is 4.07. The Kier molecular flexibility index (Phi) is 5.48. The molecule has 0 bridgehead atoms. The molecular weight excluding hydrogens is 385 g/mol. The van der Waals surface area contributed by atoms with Crippen LogP contribution in [-0.2, 0) is 29.4 Å². The molecule has 0 unspecified atom stereocenters. The molecule has 9 heteroatoms. The minimum absolute atomic E-state index is 0.0247. The van der Waals surface area contributed by atoms with Crippen molar-refractivity contribution in [3.8, 4) is 0 Å². The maximum absolute atomic E-state index is 12.4. The van der Waals surface area contributed by atoms with Crippen molar-refractivity contribution in [2.24, 2.45) is 0 Å². The summed E-state index contributed by atoms with van der Waals surface area (Å²) in [6, 6.07) is 5.83. The normalized spacial score (nSPS) is 14.3. The van der Waals surface area contributed by atoms with Crippen LogP contribution in [0.2, 0.25) is 10.0 Å². The van der Waals surface area contributed by atoms with E-state index in [1.807, 2.05) is 0 Å². The van der Waals surface area contributed by atoms with Crippen LogP contribution < -0.4 is 10.3 Å². The average Bonchev–Trinajstić information content (AvgIpc) is 2.57. The van der Waals surface area contributed by atoms with E-state index in [1.54, 1.807) is 6.07 Å². The molecule has 0 amide bonds. The summed E-state index contributed by atoms with van der Waals surface area (Å²) in [5, 5.41) is 4.72. The lowest BCUT2D eigenvalue weighted by Gasteiger charge is -2.16. The minimum Gasteiger partial charge on any atom is -0.268 e. The molecule has 0 aliphatic heterocycles. The molecule has 25 heavy (non-hydrogen) atoms. The molecule has 0 radical (unpaired) electrons. The Bertz CT molecular complexity index is 958. The smallest absolute Gasteiger partial charge is 0.267 e. The van der Waals surface area contributed by atoms with E-state index in [2.05, 4.69) is 9.82 Å². The van der Waals surface area contributed by atoms with Crippen LogP contribution in [0.25, 0.3) is 0 Å². The standard InChI is InChI=1S/C16H17Cl2N3O3S/c17-12-5-6-13(18)15(10-12)25(23,24)19-7-8-21-16(22)9-11-3-1-2-4-14(11)20-21/h5-6,9-10,19H,1-4,7-8H2. The highest BCUT2D eigenvalue weighted by atomic mass is 35.5. The van der Waals surface area contributed by atoms with Crippen LogP contribution in [0.5, 0.6) is 0 Å². The highest BCUT2D eigenvalue weighted by Gasteiger charge is 2.18. The Morgan fingerprint density at radius 1 is 1.16 bits per heavy atom. The van der Waals surface area contributed by atoms with Crippen LogP contribution in [0.4, 0.5) is 0 Å².